The van der Waals surface area contributed by atoms with Gasteiger partial charge in [-0.05, 0) is 25.7 Å². The summed E-state index contributed by atoms with van der Waals surface area (Å²) in [7, 11) is 0. The molecule has 0 aromatic carbocycles. The van der Waals surface area contributed by atoms with E-state index in [9.17, 15) is 8.78 Å². The largest absolute Gasteiger partial charge is 0.254 e. The van der Waals surface area contributed by atoms with Crippen molar-refractivity contribution in [2.75, 3.05) is 0 Å². The van der Waals surface area contributed by atoms with Crippen LogP contribution in [0.5, 0.6) is 0 Å². The Bertz CT molecular complexity index is 249. The quantitative estimate of drug-likeness (QED) is 0.564. The standard InChI is InChI=1S/C12H16F2/c13-11(14)12(8-9-12)7-6-10-4-2-1-3-5-10/h10-11H,1-5,8-9H2. The Kier molecular flexibility index (Phi) is 2.76. The van der Waals surface area contributed by atoms with Crippen molar-refractivity contribution in [2.24, 2.45) is 11.3 Å². The maximum atomic E-state index is 12.5. The van der Waals surface area contributed by atoms with E-state index in [2.05, 4.69) is 11.8 Å². The summed E-state index contributed by atoms with van der Waals surface area (Å²) in [5, 5.41) is 0. The van der Waals surface area contributed by atoms with E-state index in [1.165, 1.54) is 19.3 Å². The molecule has 2 rings (SSSR count). The van der Waals surface area contributed by atoms with Crippen molar-refractivity contribution in [3.05, 3.63) is 0 Å². The van der Waals surface area contributed by atoms with Crippen molar-refractivity contribution < 1.29 is 8.78 Å². The monoisotopic (exact) mass is 198 g/mol. The van der Waals surface area contributed by atoms with Crippen molar-refractivity contribution in [1.29, 1.82) is 0 Å². The second-order valence-electron chi connectivity index (χ2n) is 4.56. The third-order valence-electron chi connectivity index (χ3n) is 3.34. The average Bonchev–Trinajstić information content (AvgIpc) is 2.97. The molecule has 2 aliphatic carbocycles. The summed E-state index contributed by atoms with van der Waals surface area (Å²) in [4.78, 5) is 0. The van der Waals surface area contributed by atoms with Gasteiger partial charge in [0.15, 0.2) is 0 Å². The zero-order valence-corrected chi connectivity index (χ0v) is 8.36. The second-order valence-corrected chi connectivity index (χ2v) is 4.56. The molecular weight excluding hydrogens is 182 g/mol. The molecule has 0 spiro atoms. The molecule has 0 nitrogen and oxygen atoms in total. The maximum absolute atomic E-state index is 12.5. The van der Waals surface area contributed by atoms with Crippen LogP contribution in [-0.2, 0) is 0 Å². The van der Waals surface area contributed by atoms with Gasteiger partial charge < -0.3 is 0 Å². The predicted molar refractivity (Wildman–Crippen MR) is 52.0 cm³/mol. The van der Waals surface area contributed by atoms with E-state index in [4.69, 9.17) is 0 Å². The van der Waals surface area contributed by atoms with Crippen LogP contribution in [0.1, 0.15) is 44.9 Å². The smallest absolute Gasteiger partial charge is 0.209 e. The number of halogens is 2. The van der Waals surface area contributed by atoms with Gasteiger partial charge in [-0.1, -0.05) is 31.1 Å². The lowest BCUT2D eigenvalue weighted by Crippen LogP contribution is -2.10. The highest BCUT2D eigenvalue weighted by molar-refractivity contribution is 5.22. The van der Waals surface area contributed by atoms with Gasteiger partial charge in [-0.2, -0.15) is 0 Å². The minimum atomic E-state index is -2.24. The van der Waals surface area contributed by atoms with E-state index < -0.39 is 11.8 Å². The van der Waals surface area contributed by atoms with Crippen LogP contribution >= 0.6 is 0 Å². The van der Waals surface area contributed by atoms with Crippen molar-refractivity contribution in [1.82, 2.24) is 0 Å². The summed E-state index contributed by atoms with van der Waals surface area (Å²) in [5.41, 5.74) is -0.891. The van der Waals surface area contributed by atoms with E-state index in [1.807, 2.05) is 0 Å². The molecule has 0 amide bonds. The lowest BCUT2D eigenvalue weighted by molar-refractivity contribution is 0.0920. The van der Waals surface area contributed by atoms with Crippen molar-refractivity contribution in [3.63, 3.8) is 0 Å². The van der Waals surface area contributed by atoms with Crippen LogP contribution in [0.25, 0.3) is 0 Å². The fourth-order valence-corrected chi connectivity index (χ4v) is 2.03. The Morgan fingerprint density at radius 3 is 2.21 bits per heavy atom. The topological polar surface area (TPSA) is 0 Å². The minimum absolute atomic E-state index is 0.403. The molecule has 2 fully saturated rings. The Morgan fingerprint density at radius 2 is 1.71 bits per heavy atom. The van der Waals surface area contributed by atoms with Gasteiger partial charge in [0.25, 0.3) is 6.43 Å². The van der Waals surface area contributed by atoms with E-state index in [0.717, 1.165) is 12.8 Å². The van der Waals surface area contributed by atoms with Crippen molar-refractivity contribution in [3.8, 4) is 11.8 Å². The van der Waals surface area contributed by atoms with E-state index >= 15 is 0 Å². The molecule has 0 bridgehead atoms. The first-order valence-corrected chi connectivity index (χ1v) is 5.54. The molecule has 0 aromatic rings. The Hall–Kier alpha value is -0.580. The van der Waals surface area contributed by atoms with Gasteiger partial charge in [0.2, 0.25) is 0 Å². The van der Waals surface area contributed by atoms with Gasteiger partial charge in [0.05, 0.1) is 5.41 Å². The first-order chi connectivity index (χ1) is 6.73. The van der Waals surface area contributed by atoms with Crippen LogP contribution in [0, 0.1) is 23.2 Å². The molecule has 0 radical (unpaired) electrons. The highest BCUT2D eigenvalue weighted by atomic mass is 19.3. The summed E-state index contributed by atoms with van der Waals surface area (Å²) in [5.74, 6) is 6.32. The Labute approximate surface area is 84.1 Å². The molecular formula is C12H16F2. The summed E-state index contributed by atoms with van der Waals surface area (Å²) in [6, 6.07) is 0. The lowest BCUT2D eigenvalue weighted by Gasteiger charge is -2.16. The molecule has 2 aliphatic rings. The van der Waals surface area contributed by atoms with Gasteiger partial charge >= 0.3 is 0 Å². The molecule has 0 aliphatic heterocycles. The molecule has 0 saturated heterocycles. The number of alkyl halides is 2. The average molecular weight is 198 g/mol. The SMILES string of the molecule is FC(F)C1(C#CC2CCCCC2)CC1. The fourth-order valence-electron chi connectivity index (χ4n) is 2.03. The summed E-state index contributed by atoms with van der Waals surface area (Å²) in [6.45, 7) is 0. The molecule has 78 valence electrons. The third kappa shape index (κ3) is 2.08. The molecule has 0 atom stereocenters. The van der Waals surface area contributed by atoms with Crippen LogP contribution in [-0.4, -0.2) is 6.43 Å². The van der Waals surface area contributed by atoms with Crippen LogP contribution in [0.2, 0.25) is 0 Å². The van der Waals surface area contributed by atoms with Gasteiger partial charge in [0.1, 0.15) is 0 Å². The second kappa shape index (κ2) is 3.88. The zero-order valence-electron chi connectivity index (χ0n) is 8.36. The zero-order chi connectivity index (χ0) is 10.0. The molecule has 2 heteroatoms. The number of hydrogen-bond acceptors (Lipinski definition) is 0. The summed E-state index contributed by atoms with van der Waals surface area (Å²) >= 11 is 0. The molecule has 0 aromatic heterocycles. The van der Waals surface area contributed by atoms with Crippen LogP contribution in [0.3, 0.4) is 0 Å². The highest BCUT2D eigenvalue weighted by Gasteiger charge is 2.49. The van der Waals surface area contributed by atoms with Crippen LogP contribution < -0.4 is 0 Å². The Balaban J connectivity index is 1.92. The van der Waals surface area contributed by atoms with E-state index in [-0.39, 0.29) is 0 Å². The van der Waals surface area contributed by atoms with Gasteiger partial charge in [-0.3, -0.25) is 0 Å². The van der Waals surface area contributed by atoms with Crippen molar-refractivity contribution >= 4 is 0 Å². The molecule has 0 unspecified atom stereocenters. The van der Waals surface area contributed by atoms with Gasteiger partial charge in [-0.15, -0.1) is 0 Å². The molecule has 2 saturated carbocycles. The molecule has 14 heavy (non-hydrogen) atoms. The first kappa shape index (κ1) is 9.96. The summed E-state index contributed by atoms with van der Waals surface area (Å²) < 4.78 is 25.1. The summed E-state index contributed by atoms with van der Waals surface area (Å²) in [6.07, 6.45) is 4.94. The third-order valence-corrected chi connectivity index (χ3v) is 3.34. The van der Waals surface area contributed by atoms with E-state index in [0.29, 0.717) is 18.8 Å². The van der Waals surface area contributed by atoms with Crippen LogP contribution in [0.4, 0.5) is 8.78 Å². The molecule has 0 N–H and O–H groups in total. The predicted octanol–water partition coefficient (Wildman–Crippen LogP) is 3.62. The minimum Gasteiger partial charge on any atom is -0.209 e. The van der Waals surface area contributed by atoms with Gasteiger partial charge in [-0.25, -0.2) is 8.78 Å². The highest BCUT2D eigenvalue weighted by Crippen LogP contribution is 2.50. The normalized spacial score (nSPS) is 25.6. The number of rotatable bonds is 1. The van der Waals surface area contributed by atoms with Crippen molar-refractivity contribution in [2.45, 2.75) is 51.4 Å². The maximum Gasteiger partial charge on any atom is 0.254 e. The number of hydrogen-bond donors (Lipinski definition) is 0. The van der Waals surface area contributed by atoms with Crippen LogP contribution in [0.15, 0.2) is 0 Å². The van der Waals surface area contributed by atoms with Gasteiger partial charge in [0, 0.05) is 5.92 Å². The van der Waals surface area contributed by atoms with E-state index in [1.54, 1.807) is 0 Å². The Morgan fingerprint density at radius 1 is 1.07 bits per heavy atom. The molecule has 0 heterocycles. The fraction of sp³-hybridized carbons (Fsp3) is 0.833. The lowest BCUT2D eigenvalue weighted by atomic mass is 9.89. The first-order valence-electron chi connectivity index (χ1n) is 5.54.